The standard InChI is InChI=1S/C22H36O3/c1-20-11-4-3-5-15(20)6-7-16-17(20)8-12-21(2)18(16)9-13-22(21,25)14-10-19(23)24/h15-18,25H,3-14H2,1-2H3,(H,23,24)/t15?,16-,17+,18+,20+,21+,22-/m1/s1. The van der Waals surface area contributed by atoms with Crippen molar-refractivity contribution < 1.29 is 15.0 Å². The molecule has 4 saturated carbocycles. The lowest BCUT2D eigenvalue weighted by molar-refractivity contribution is -0.158. The molecular weight excluding hydrogens is 312 g/mol. The first-order chi connectivity index (χ1) is 11.8. The Morgan fingerprint density at radius 3 is 2.48 bits per heavy atom. The minimum atomic E-state index is -0.774. The maximum atomic E-state index is 11.4. The van der Waals surface area contributed by atoms with Crippen LogP contribution < -0.4 is 0 Å². The van der Waals surface area contributed by atoms with Crippen molar-refractivity contribution in [2.45, 2.75) is 96.5 Å². The Hall–Kier alpha value is -0.570. The lowest BCUT2D eigenvalue weighted by atomic mass is 9.44. The predicted octanol–water partition coefficient (Wildman–Crippen LogP) is 5.02. The van der Waals surface area contributed by atoms with Crippen molar-refractivity contribution in [2.75, 3.05) is 0 Å². The average molecular weight is 349 g/mol. The molecule has 0 aromatic heterocycles. The molecule has 3 heteroatoms. The first-order valence-corrected chi connectivity index (χ1v) is 10.7. The number of fused-ring (bicyclic) bond motifs is 5. The summed E-state index contributed by atoms with van der Waals surface area (Å²) < 4.78 is 0. The van der Waals surface area contributed by atoms with Crippen molar-refractivity contribution in [1.82, 2.24) is 0 Å². The van der Waals surface area contributed by atoms with Gasteiger partial charge in [-0.25, -0.2) is 0 Å². The molecule has 0 amide bonds. The number of carboxylic acid groups (broad SMARTS) is 1. The van der Waals surface area contributed by atoms with Crippen molar-refractivity contribution >= 4 is 5.97 Å². The van der Waals surface area contributed by atoms with Crippen LogP contribution in [0.5, 0.6) is 0 Å². The van der Waals surface area contributed by atoms with Gasteiger partial charge in [0.25, 0.3) is 0 Å². The van der Waals surface area contributed by atoms with Crippen LogP contribution in [0.15, 0.2) is 0 Å². The molecule has 0 radical (unpaired) electrons. The van der Waals surface area contributed by atoms with Gasteiger partial charge in [0.1, 0.15) is 0 Å². The van der Waals surface area contributed by atoms with Crippen molar-refractivity contribution in [3.8, 4) is 0 Å². The molecule has 0 aliphatic heterocycles. The smallest absolute Gasteiger partial charge is 0.303 e. The summed E-state index contributed by atoms with van der Waals surface area (Å²) >= 11 is 0. The fraction of sp³-hybridized carbons (Fsp3) is 0.955. The molecule has 0 heterocycles. The minimum absolute atomic E-state index is 0.0680. The predicted molar refractivity (Wildman–Crippen MR) is 98.2 cm³/mol. The SMILES string of the molecule is C[C@]12CCCCC1CC[C@@H]1[C@@H]2CC[C@@]2(C)[C@H]1CC[C@@]2(O)CCC(=O)O. The van der Waals surface area contributed by atoms with Gasteiger partial charge in [0.2, 0.25) is 0 Å². The van der Waals surface area contributed by atoms with Gasteiger partial charge in [0, 0.05) is 6.42 Å². The van der Waals surface area contributed by atoms with Crippen LogP contribution in [0.3, 0.4) is 0 Å². The lowest BCUT2D eigenvalue weighted by Gasteiger charge is -2.61. The van der Waals surface area contributed by atoms with Crippen molar-refractivity contribution in [1.29, 1.82) is 0 Å². The van der Waals surface area contributed by atoms with E-state index in [2.05, 4.69) is 13.8 Å². The Morgan fingerprint density at radius 1 is 0.960 bits per heavy atom. The summed E-state index contributed by atoms with van der Waals surface area (Å²) in [6, 6.07) is 0. The molecule has 0 aromatic rings. The van der Waals surface area contributed by atoms with E-state index in [4.69, 9.17) is 5.11 Å². The number of hydrogen-bond donors (Lipinski definition) is 2. The van der Waals surface area contributed by atoms with E-state index in [-0.39, 0.29) is 11.8 Å². The van der Waals surface area contributed by atoms with E-state index < -0.39 is 11.6 Å². The second-order valence-electron chi connectivity index (χ2n) is 10.3. The van der Waals surface area contributed by atoms with Gasteiger partial charge >= 0.3 is 5.97 Å². The molecule has 142 valence electrons. The van der Waals surface area contributed by atoms with Crippen LogP contribution in [0.4, 0.5) is 0 Å². The highest BCUT2D eigenvalue weighted by Crippen LogP contribution is 2.68. The van der Waals surface area contributed by atoms with E-state index in [1.807, 2.05) is 0 Å². The Kier molecular flexibility index (Phi) is 4.26. The maximum Gasteiger partial charge on any atom is 0.303 e. The summed E-state index contributed by atoms with van der Waals surface area (Å²) in [4.78, 5) is 11.1. The minimum Gasteiger partial charge on any atom is -0.481 e. The number of aliphatic hydroxyl groups is 1. The molecule has 4 aliphatic carbocycles. The molecule has 4 fully saturated rings. The van der Waals surface area contributed by atoms with Crippen LogP contribution >= 0.6 is 0 Å². The quantitative estimate of drug-likeness (QED) is 0.753. The van der Waals surface area contributed by atoms with Gasteiger partial charge in [-0.2, -0.15) is 0 Å². The fourth-order valence-corrected chi connectivity index (χ4v) is 8.13. The number of hydrogen-bond acceptors (Lipinski definition) is 2. The largest absolute Gasteiger partial charge is 0.481 e. The van der Waals surface area contributed by atoms with Gasteiger partial charge in [-0.05, 0) is 92.3 Å². The summed E-state index contributed by atoms with van der Waals surface area (Å²) in [6.07, 6.45) is 13.2. The topological polar surface area (TPSA) is 57.5 Å². The van der Waals surface area contributed by atoms with Gasteiger partial charge in [-0.1, -0.05) is 26.7 Å². The van der Waals surface area contributed by atoms with Gasteiger partial charge in [-0.15, -0.1) is 0 Å². The summed E-state index contributed by atoms with van der Waals surface area (Å²) in [5.41, 5.74) is -0.295. The molecule has 0 spiro atoms. The second kappa shape index (κ2) is 5.97. The second-order valence-corrected chi connectivity index (χ2v) is 10.3. The first kappa shape index (κ1) is 17.8. The van der Waals surface area contributed by atoms with Crippen LogP contribution in [0.25, 0.3) is 0 Å². The zero-order valence-corrected chi connectivity index (χ0v) is 16.1. The molecule has 4 rings (SSSR count). The number of rotatable bonds is 3. The summed E-state index contributed by atoms with van der Waals surface area (Å²) in [5, 5.41) is 20.5. The molecule has 2 N–H and O–H groups in total. The third kappa shape index (κ3) is 2.51. The fourth-order valence-electron chi connectivity index (χ4n) is 8.13. The zero-order valence-electron chi connectivity index (χ0n) is 16.1. The van der Waals surface area contributed by atoms with Crippen molar-refractivity contribution in [3.63, 3.8) is 0 Å². The van der Waals surface area contributed by atoms with Gasteiger partial charge in [0.05, 0.1) is 5.60 Å². The van der Waals surface area contributed by atoms with Crippen molar-refractivity contribution in [3.05, 3.63) is 0 Å². The first-order valence-electron chi connectivity index (χ1n) is 10.7. The Labute approximate surface area is 152 Å². The highest BCUT2D eigenvalue weighted by atomic mass is 16.4. The molecule has 1 unspecified atom stereocenters. The van der Waals surface area contributed by atoms with Crippen LogP contribution in [-0.4, -0.2) is 21.8 Å². The van der Waals surface area contributed by atoms with Crippen LogP contribution in [0.2, 0.25) is 0 Å². The maximum absolute atomic E-state index is 11.4. The molecule has 4 aliphatic rings. The number of aliphatic carboxylic acids is 1. The van der Waals surface area contributed by atoms with Gasteiger partial charge in [-0.3, -0.25) is 4.79 Å². The average Bonchev–Trinajstić information content (AvgIpc) is 2.84. The molecule has 0 aromatic carbocycles. The molecule has 7 atom stereocenters. The monoisotopic (exact) mass is 348 g/mol. The van der Waals surface area contributed by atoms with E-state index in [0.29, 0.717) is 17.8 Å². The van der Waals surface area contributed by atoms with E-state index >= 15 is 0 Å². The number of carboxylic acids is 1. The summed E-state index contributed by atoms with van der Waals surface area (Å²) in [5.74, 6) is 2.36. The van der Waals surface area contributed by atoms with Crippen LogP contribution in [-0.2, 0) is 4.79 Å². The van der Waals surface area contributed by atoms with Gasteiger partial charge in [0.15, 0.2) is 0 Å². The Morgan fingerprint density at radius 2 is 1.72 bits per heavy atom. The third-order valence-corrected chi connectivity index (χ3v) is 9.66. The Balaban J connectivity index is 1.58. The number of carbonyl (C=O) groups is 1. The summed E-state index contributed by atoms with van der Waals surface area (Å²) in [7, 11) is 0. The molecule has 25 heavy (non-hydrogen) atoms. The van der Waals surface area contributed by atoms with E-state index in [1.165, 1.54) is 44.9 Å². The van der Waals surface area contributed by atoms with Crippen LogP contribution in [0.1, 0.15) is 90.9 Å². The Bertz CT molecular complexity index is 545. The highest BCUT2D eigenvalue weighted by molar-refractivity contribution is 5.66. The third-order valence-electron chi connectivity index (χ3n) is 9.66. The van der Waals surface area contributed by atoms with Crippen LogP contribution in [0, 0.1) is 34.5 Å². The molecule has 0 saturated heterocycles. The molecule has 3 nitrogen and oxygen atoms in total. The van der Waals surface area contributed by atoms with Crippen molar-refractivity contribution in [2.24, 2.45) is 34.5 Å². The zero-order chi connectivity index (χ0) is 17.9. The normalized spacial score (nSPS) is 52.1. The van der Waals surface area contributed by atoms with E-state index in [9.17, 15) is 9.90 Å². The molecular formula is C22H36O3. The highest BCUT2D eigenvalue weighted by Gasteiger charge is 2.63. The van der Waals surface area contributed by atoms with E-state index in [1.54, 1.807) is 0 Å². The van der Waals surface area contributed by atoms with E-state index in [0.717, 1.165) is 37.0 Å². The molecule has 0 bridgehead atoms. The van der Waals surface area contributed by atoms with Gasteiger partial charge < -0.3 is 10.2 Å². The lowest BCUT2D eigenvalue weighted by Crippen LogP contribution is -2.56. The summed E-state index contributed by atoms with van der Waals surface area (Å²) in [6.45, 7) is 4.87.